The maximum absolute atomic E-state index is 4.64. The van der Waals surface area contributed by atoms with Crippen molar-refractivity contribution in [2.45, 2.75) is 33.1 Å². The molecule has 1 aromatic heterocycles. The van der Waals surface area contributed by atoms with Crippen LogP contribution in [0.5, 0.6) is 0 Å². The SMILES string of the molecule is CCNC(=NCCSC)NCCc1csc(C(C)C)n1. The molecule has 0 fully saturated rings. The minimum absolute atomic E-state index is 0.520. The van der Waals surface area contributed by atoms with Crippen LogP contribution in [0.15, 0.2) is 10.4 Å². The number of aliphatic imine (C=N–C) groups is 1. The van der Waals surface area contributed by atoms with Gasteiger partial charge in [-0.2, -0.15) is 11.8 Å². The summed E-state index contributed by atoms with van der Waals surface area (Å²) in [6.45, 7) is 9.06. The van der Waals surface area contributed by atoms with Gasteiger partial charge in [0, 0.05) is 36.6 Å². The molecule has 0 aliphatic rings. The van der Waals surface area contributed by atoms with E-state index >= 15 is 0 Å². The number of rotatable bonds is 8. The number of hydrogen-bond donors (Lipinski definition) is 2. The minimum atomic E-state index is 0.520. The second-order valence-corrected chi connectivity index (χ2v) is 6.64. The second-order valence-electron chi connectivity index (χ2n) is 4.76. The number of thiazole rings is 1. The van der Waals surface area contributed by atoms with Crippen LogP contribution in [0, 0.1) is 0 Å². The molecule has 1 aromatic rings. The number of nitrogens with one attached hydrogen (secondary N) is 2. The summed E-state index contributed by atoms with van der Waals surface area (Å²) in [6, 6.07) is 0. The molecule has 6 heteroatoms. The zero-order chi connectivity index (χ0) is 14.8. The molecule has 0 bridgehead atoms. The van der Waals surface area contributed by atoms with Crippen molar-refractivity contribution in [1.29, 1.82) is 0 Å². The monoisotopic (exact) mass is 314 g/mol. The van der Waals surface area contributed by atoms with Crippen molar-refractivity contribution in [1.82, 2.24) is 15.6 Å². The van der Waals surface area contributed by atoms with Gasteiger partial charge in [0.15, 0.2) is 5.96 Å². The Hall–Kier alpha value is -0.750. The molecule has 0 amide bonds. The smallest absolute Gasteiger partial charge is 0.191 e. The average Bonchev–Trinajstić information content (AvgIpc) is 2.88. The maximum Gasteiger partial charge on any atom is 0.191 e. The molecule has 114 valence electrons. The first-order chi connectivity index (χ1) is 9.67. The van der Waals surface area contributed by atoms with Gasteiger partial charge in [-0.25, -0.2) is 4.98 Å². The highest BCUT2D eigenvalue weighted by Crippen LogP contribution is 2.19. The van der Waals surface area contributed by atoms with Crippen LogP contribution < -0.4 is 10.6 Å². The normalized spacial score (nSPS) is 11.9. The van der Waals surface area contributed by atoms with E-state index in [1.54, 1.807) is 11.3 Å². The molecule has 0 spiro atoms. The Bertz CT molecular complexity index is 402. The number of hydrogen-bond acceptors (Lipinski definition) is 4. The van der Waals surface area contributed by atoms with Crippen LogP contribution >= 0.6 is 23.1 Å². The van der Waals surface area contributed by atoms with Crippen LogP contribution in [0.1, 0.15) is 37.4 Å². The van der Waals surface area contributed by atoms with Gasteiger partial charge in [0.1, 0.15) is 0 Å². The number of nitrogens with zero attached hydrogens (tertiary/aromatic N) is 2. The molecular formula is C14H26N4S2. The molecule has 0 saturated carbocycles. The van der Waals surface area contributed by atoms with Gasteiger partial charge < -0.3 is 10.6 Å². The zero-order valence-electron chi connectivity index (χ0n) is 12.9. The predicted molar refractivity (Wildman–Crippen MR) is 92.3 cm³/mol. The van der Waals surface area contributed by atoms with E-state index in [0.717, 1.165) is 37.8 Å². The summed E-state index contributed by atoms with van der Waals surface area (Å²) in [5, 5.41) is 10.0. The van der Waals surface area contributed by atoms with E-state index in [2.05, 4.69) is 53.0 Å². The van der Waals surface area contributed by atoms with Crippen LogP contribution in [-0.4, -0.2) is 42.6 Å². The van der Waals surface area contributed by atoms with E-state index < -0.39 is 0 Å². The summed E-state index contributed by atoms with van der Waals surface area (Å²) in [5.74, 6) is 2.48. The topological polar surface area (TPSA) is 49.3 Å². The lowest BCUT2D eigenvalue weighted by Gasteiger charge is -2.10. The van der Waals surface area contributed by atoms with Crippen LogP contribution in [0.3, 0.4) is 0 Å². The number of thioether (sulfide) groups is 1. The maximum atomic E-state index is 4.64. The molecule has 0 aromatic carbocycles. The van der Waals surface area contributed by atoms with Crippen molar-refractivity contribution in [2.75, 3.05) is 31.6 Å². The van der Waals surface area contributed by atoms with Crippen LogP contribution in [0.25, 0.3) is 0 Å². The molecule has 0 aliphatic carbocycles. The Morgan fingerprint density at radius 3 is 2.85 bits per heavy atom. The lowest BCUT2D eigenvalue weighted by atomic mass is 10.2. The molecule has 0 saturated heterocycles. The van der Waals surface area contributed by atoms with Crippen LogP contribution in [0.4, 0.5) is 0 Å². The van der Waals surface area contributed by atoms with Crippen molar-refractivity contribution in [3.8, 4) is 0 Å². The van der Waals surface area contributed by atoms with Crippen molar-refractivity contribution in [3.05, 3.63) is 16.1 Å². The van der Waals surface area contributed by atoms with Gasteiger partial charge in [0.2, 0.25) is 0 Å². The third-order valence-electron chi connectivity index (χ3n) is 2.65. The van der Waals surface area contributed by atoms with Crippen molar-refractivity contribution in [2.24, 2.45) is 4.99 Å². The van der Waals surface area contributed by atoms with Crippen molar-refractivity contribution >= 4 is 29.1 Å². The number of guanidine groups is 1. The summed E-state index contributed by atoms with van der Waals surface area (Å²) in [6.07, 6.45) is 3.04. The Kier molecular flexibility index (Phi) is 8.69. The first kappa shape index (κ1) is 17.3. The van der Waals surface area contributed by atoms with Gasteiger partial charge >= 0.3 is 0 Å². The molecule has 0 aliphatic heterocycles. The van der Waals surface area contributed by atoms with E-state index in [-0.39, 0.29) is 0 Å². The van der Waals surface area contributed by atoms with Gasteiger partial charge in [-0.15, -0.1) is 11.3 Å². The quantitative estimate of drug-likeness (QED) is 0.440. The number of aromatic nitrogens is 1. The minimum Gasteiger partial charge on any atom is -0.357 e. The van der Waals surface area contributed by atoms with Crippen LogP contribution in [0.2, 0.25) is 0 Å². The zero-order valence-corrected chi connectivity index (χ0v) is 14.5. The van der Waals surface area contributed by atoms with Crippen molar-refractivity contribution < 1.29 is 0 Å². The standard InChI is InChI=1S/C14H26N4S2/c1-5-15-14(17-8-9-19-4)16-7-6-12-10-20-13(18-12)11(2)3/h10-11H,5-9H2,1-4H3,(H2,15,16,17). The molecule has 0 radical (unpaired) electrons. The highest BCUT2D eigenvalue weighted by Gasteiger charge is 2.05. The fourth-order valence-electron chi connectivity index (χ4n) is 1.60. The van der Waals surface area contributed by atoms with Gasteiger partial charge in [0.25, 0.3) is 0 Å². The van der Waals surface area contributed by atoms with Crippen molar-refractivity contribution in [3.63, 3.8) is 0 Å². The van der Waals surface area contributed by atoms with E-state index in [1.807, 2.05) is 11.8 Å². The van der Waals surface area contributed by atoms with Gasteiger partial charge in [0.05, 0.1) is 17.2 Å². The summed E-state index contributed by atoms with van der Waals surface area (Å²) in [7, 11) is 0. The van der Waals surface area contributed by atoms with E-state index in [1.165, 1.54) is 10.7 Å². The largest absolute Gasteiger partial charge is 0.357 e. The average molecular weight is 315 g/mol. The fraction of sp³-hybridized carbons (Fsp3) is 0.714. The molecule has 0 unspecified atom stereocenters. The van der Waals surface area contributed by atoms with Gasteiger partial charge in [-0.1, -0.05) is 13.8 Å². The lowest BCUT2D eigenvalue weighted by Crippen LogP contribution is -2.38. The highest BCUT2D eigenvalue weighted by atomic mass is 32.2. The Morgan fingerprint density at radius 1 is 1.45 bits per heavy atom. The first-order valence-electron chi connectivity index (χ1n) is 7.12. The Labute approximate surface area is 130 Å². The van der Waals surface area contributed by atoms with Crippen LogP contribution in [-0.2, 0) is 6.42 Å². The molecule has 4 nitrogen and oxygen atoms in total. The van der Waals surface area contributed by atoms with Gasteiger partial charge in [-0.3, -0.25) is 4.99 Å². The molecule has 2 N–H and O–H groups in total. The van der Waals surface area contributed by atoms with E-state index in [4.69, 9.17) is 0 Å². The van der Waals surface area contributed by atoms with E-state index in [0.29, 0.717) is 5.92 Å². The first-order valence-corrected chi connectivity index (χ1v) is 9.40. The molecule has 0 atom stereocenters. The Morgan fingerprint density at radius 2 is 2.25 bits per heavy atom. The molecule has 1 rings (SSSR count). The molecular weight excluding hydrogens is 288 g/mol. The summed E-state index contributed by atoms with van der Waals surface area (Å²) < 4.78 is 0. The fourth-order valence-corrected chi connectivity index (χ4v) is 2.75. The summed E-state index contributed by atoms with van der Waals surface area (Å²) >= 11 is 3.57. The lowest BCUT2D eigenvalue weighted by molar-refractivity contribution is 0.783. The molecule has 20 heavy (non-hydrogen) atoms. The molecule has 1 heterocycles. The third-order valence-corrected chi connectivity index (χ3v) is 4.43. The second kappa shape index (κ2) is 10.0. The summed E-state index contributed by atoms with van der Waals surface area (Å²) in [4.78, 5) is 9.17. The van der Waals surface area contributed by atoms with E-state index in [9.17, 15) is 0 Å². The third kappa shape index (κ3) is 6.61. The summed E-state index contributed by atoms with van der Waals surface area (Å²) in [5.41, 5.74) is 1.17. The predicted octanol–water partition coefficient (Wildman–Crippen LogP) is 2.73. The Balaban J connectivity index is 2.37. The van der Waals surface area contributed by atoms with Gasteiger partial charge in [-0.05, 0) is 13.2 Å². The highest BCUT2D eigenvalue weighted by molar-refractivity contribution is 7.98.